The zero-order chi connectivity index (χ0) is 23.6. The molecule has 4 rings (SSSR count). The minimum atomic E-state index is -4.94. The van der Waals surface area contributed by atoms with E-state index in [0.717, 1.165) is 49.8 Å². The van der Waals surface area contributed by atoms with Crippen molar-refractivity contribution < 1.29 is 27.1 Å². The van der Waals surface area contributed by atoms with Crippen molar-refractivity contribution in [2.75, 3.05) is 29.9 Å². The van der Waals surface area contributed by atoms with Gasteiger partial charge in [0.1, 0.15) is 17.2 Å². The Morgan fingerprint density at radius 1 is 1.09 bits per heavy atom. The number of rotatable bonds is 5. The van der Waals surface area contributed by atoms with Gasteiger partial charge in [-0.15, -0.1) is 0 Å². The number of ether oxygens (including phenoxy) is 1. The maximum Gasteiger partial charge on any atom is 0.418 e. The predicted molar refractivity (Wildman–Crippen MR) is 118 cm³/mol. The van der Waals surface area contributed by atoms with Crippen molar-refractivity contribution in [3.63, 3.8) is 0 Å². The summed E-state index contributed by atoms with van der Waals surface area (Å²) in [5.74, 6) is -2.35. The van der Waals surface area contributed by atoms with E-state index in [9.17, 15) is 22.4 Å². The molecule has 5 nitrogen and oxygen atoms in total. The lowest BCUT2D eigenvalue weighted by atomic mass is 10.0. The summed E-state index contributed by atoms with van der Waals surface area (Å²) in [7, 11) is 0. The highest BCUT2D eigenvalue weighted by Crippen LogP contribution is 2.41. The van der Waals surface area contributed by atoms with Crippen LogP contribution in [0.3, 0.4) is 0 Å². The fourth-order valence-electron chi connectivity index (χ4n) is 4.07. The maximum absolute atomic E-state index is 14.1. The number of hydrogen-bond donors (Lipinski definition) is 1. The molecule has 174 valence electrons. The van der Waals surface area contributed by atoms with E-state index >= 15 is 0 Å². The molecule has 1 aliphatic heterocycles. The molecule has 0 spiro atoms. The Balaban J connectivity index is 1.80. The number of nitrogens with zero attached hydrogens (tertiary/aromatic N) is 2. The molecule has 0 amide bonds. The molecule has 0 bridgehead atoms. The van der Waals surface area contributed by atoms with Crippen LogP contribution >= 0.6 is 0 Å². The van der Waals surface area contributed by atoms with Crippen molar-refractivity contribution >= 4 is 34.1 Å². The largest absolute Gasteiger partial charge is 0.462 e. The molecular formula is C24H23F4N3O2. The van der Waals surface area contributed by atoms with Crippen molar-refractivity contribution in [3.05, 3.63) is 59.4 Å². The van der Waals surface area contributed by atoms with Gasteiger partial charge in [-0.05, 0) is 68.7 Å². The van der Waals surface area contributed by atoms with Crippen molar-refractivity contribution in [1.29, 1.82) is 0 Å². The first kappa shape index (κ1) is 22.8. The van der Waals surface area contributed by atoms with E-state index in [1.54, 1.807) is 12.1 Å². The van der Waals surface area contributed by atoms with Crippen molar-refractivity contribution in [2.45, 2.75) is 32.4 Å². The first-order valence-electron chi connectivity index (χ1n) is 10.8. The third-order valence-corrected chi connectivity index (χ3v) is 5.56. The summed E-state index contributed by atoms with van der Waals surface area (Å²) in [5, 5.41) is 2.33. The van der Waals surface area contributed by atoms with Crippen LogP contribution < -0.4 is 10.2 Å². The van der Waals surface area contributed by atoms with E-state index in [-0.39, 0.29) is 17.9 Å². The molecule has 1 N–H and O–H groups in total. The van der Waals surface area contributed by atoms with Crippen LogP contribution in [0.1, 0.15) is 42.1 Å². The molecule has 0 aliphatic carbocycles. The number of alkyl halides is 3. The molecule has 1 aromatic heterocycles. The second-order valence-electron chi connectivity index (χ2n) is 7.81. The lowest BCUT2D eigenvalue weighted by Gasteiger charge is -2.29. The van der Waals surface area contributed by atoms with Gasteiger partial charge in [-0.2, -0.15) is 13.2 Å². The number of carbonyl (C=O) groups is 1. The molecule has 9 heteroatoms. The third-order valence-electron chi connectivity index (χ3n) is 5.56. The topological polar surface area (TPSA) is 54.5 Å². The molecule has 0 saturated carbocycles. The zero-order valence-electron chi connectivity index (χ0n) is 18.0. The quantitative estimate of drug-likeness (QED) is 0.357. The Morgan fingerprint density at radius 2 is 1.79 bits per heavy atom. The molecular weight excluding hydrogens is 438 g/mol. The van der Waals surface area contributed by atoms with E-state index in [0.29, 0.717) is 5.69 Å². The summed E-state index contributed by atoms with van der Waals surface area (Å²) in [6.07, 6.45) is -1.51. The third kappa shape index (κ3) is 4.86. The maximum atomic E-state index is 14.1. The van der Waals surface area contributed by atoms with Crippen LogP contribution in [0.5, 0.6) is 0 Å². The van der Waals surface area contributed by atoms with Crippen molar-refractivity contribution in [1.82, 2.24) is 4.98 Å². The molecule has 0 unspecified atom stereocenters. The smallest absolute Gasteiger partial charge is 0.418 e. The summed E-state index contributed by atoms with van der Waals surface area (Å²) in [6, 6.07) is 10.1. The Hall–Kier alpha value is -3.36. The van der Waals surface area contributed by atoms with Gasteiger partial charge in [0.15, 0.2) is 0 Å². The van der Waals surface area contributed by atoms with E-state index < -0.39 is 34.5 Å². The minimum absolute atomic E-state index is 0.0933. The monoisotopic (exact) mass is 461 g/mol. The summed E-state index contributed by atoms with van der Waals surface area (Å²) >= 11 is 0. The SMILES string of the molecule is CCOC(=O)c1c(Nc2ccc(N3CCCCC3)cc2)nc2ccc(F)cc2c1C(F)(F)F. The molecule has 1 aliphatic rings. The number of anilines is 3. The second-order valence-corrected chi connectivity index (χ2v) is 7.81. The highest BCUT2D eigenvalue weighted by Gasteiger charge is 2.40. The van der Waals surface area contributed by atoms with Gasteiger partial charge in [0.2, 0.25) is 0 Å². The summed E-state index contributed by atoms with van der Waals surface area (Å²) in [6.45, 7) is 3.28. The number of hydrogen-bond acceptors (Lipinski definition) is 5. The molecule has 3 aromatic rings. The average molecular weight is 461 g/mol. The normalized spacial score (nSPS) is 14.4. The van der Waals surface area contributed by atoms with Crippen LogP contribution in [0, 0.1) is 5.82 Å². The number of piperidine rings is 1. The molecule has 0 radical (unpaired) electrons. The van der Waals surface area contributed by atoms with E-state index in [1.165, 1.54) is 13.3 Å². The first-order valence-corrected chi connectivity index (χ1v) is 10.8. The van der Waals surface area contributed by atoms with Crippen LogP contribution in [0.4, 0.5) is 34.8 Å². The number of aromatic nitrogens is 1. The van der Waals surface area contributed by atoms with Crippen LogP contribution in [0.25, 0.3) is 10.9 Å². The van der Waals surface area contributed by atoms with Crippen LogP contribution in [-0.2, 0) is 10.9 Å². The second kappa shape index (κ2) is 9.25. The lowest BCUT2D eigenvalue weighted by molar-refractivity contribution is -0.136. The Bertz CT molecular complexity index is 1160. The van der Waals surface area contributed by atoms with Gasteiger partial charge in [0.25, 0.3) is 0 Å². The van der Waals surface area contributed by atoms with Crippen LogP contribution in [0.15, 0.2) is 42.5 Å². The molecule has 33 heavy (non-hydrogen) atoms. The lowest BCUT2D eigenvalue weighted by Crippen LogP contribution is -2.29. The summed E-state index contributed by atoms with van der Waals surface area (Å²) in [5.41, 5.74) is -0.670. The number of benzene rings is 2. The Labute approximate surface area is 188 Å². The van der Waals surface area contributed by atoms with Gasteiger partial charge in [-0.1, -0.05) is 0 Å². The van der Waals surface area contributed by atoms with E-state index in [2.05, 4.69) is 15.2 Å². The van der Waals surface area contributed by atoms with Crippen molar-refractivity contribution in [2.24, 2.45) is 0 Å². The van der Waals surface area contributed by atoms with Gasteiger partial charge in [-0.3, -0.25) is 0 Å². The Kier molecular flexibility index (Phi) is 6.40. The molecule has 2 heterocycles. The van der Waals surface area contributed by atoms with E-state index in [4.69, 9.17) is 4.74 Å². The van der Waals surface area contributed by atoms with Gasteiger partial charge in [0.05, 0.1) is 17.7 Å². The zero-order valence-corrected chi connectivity index (χ0v) is 18.0. The number of nitrogens with one attached hydrogen (secondary N) is 1. The van der Waals surface area contributed by atoms with E-state index in [1.807, 2.05) is 12.1 Å². The summed E-state index contributed by atoms with van der Waals surface area (Å²) < 4.78 is 61.0. The molecule has 1 saturated heterocycles. The number of pyridine rings is 1. The van der Waals surface area contributed by atoms with Crippen molar-refractivity contribution in [3.8, 4) is 0 Å². The van der Waals surface area contributed by atoms with Crippen LogP contribution in [-0.4, -0.2) is 30.6 Å². The minimum Gasteiger partial charge on any atom is -0.462 e. The number of esters is 1. The molecule has 0 atom stereocenters. The number of fused-ring (bicyclic) bond motifs is 1. The number of halogens is 4. The average Bonchev–Trinajstić information content (AvgIpc) is 2.79. The Morgan fingerprint density at radius 3 is 2.42 bits per heavy atom. The van der Waals surface area contributed by atoms with Gasteiger partial charge < -0.3 is 15.0 Å². The highest BCUT2D eigenvalue weighted by molar-refractivity contribution is 6.03. The standard InChI is InChI=1S/C24H23F4N3O2/c1-2-33-23(32)20-21(24(26,27)28)18-14-15(25)6-11-19(18)30-22(20)29-16-7-9-17(10-8-16)31-12-4-3-5-13-31/h6-11,14H,2-5,12-13H2,1H3,(H,29,30). The first-order chi connectivity index (χ1) is 15.8. The van der Waals surface area contributed by atoms with Gasteiger partial charge in [-0.25, -0.2) is 14.2 Å². The van der Waals surface area contributed by atoms with Gasteiger partial charge in [0, 0.05) is 29.9 Å². The molecule has 2 aromatic carbocycles. The highest BCUT2D eigenvalue weighted by atomic mass is 19.4. The summed E-state index contributed by atoms with van der Waals surface area (Å²) in [4.78, 5) is 19.1. The van der Waals surface area contributed by atoms with Crippen LogP contribution in [0.2, 0.25) is 0 Å². The fourth-order valence-corrected chi connectivity index (χ4v) is 4.07. The fraction of sp³-hybridized carbons (Fsp3) is 0.333. The molecule has 1 fully saturated rings. The predicted octanol–water partition coefficient (Wildman–Crippen LogP) is 6.30. The number of carbonyl (C=O) groups excluding carboxylic acids is 1. The van der Waals surface area contributed by atoms with Gasteiger partial charge >= 0.3 is 12.1 Å².